The van der Waals surface area contributed by atoms with E-state index in [1.165, 1.54) is 0 Å². The Bertz CT molecular complexity index is 1070. The lowest BCUT2D eigenvalue weighted by Crippen LogP contribution is -2.70. The van der Waals surface area contributed by atoms with Crippen LogP contribution in [0.5, 0.6) is 0 Å². The van der Waals surface area contributed by atoms with E-state index >= 15 is 0 Å². The maximum Gasteiger partial charge on any atom is 0.329 e. The number of carbonyl (C=O) groups excluding carboxylic acids is 2. The molecule has 5 N–H and O–H groups in total. The number of urea groups is 1. The number of likely N-dealkylation sites (tertiary alicyclic amines) is 1. The Labute approximate surface area is 199 Å². The first-order valence-electron chi connectivity index (χ1n) is 12.0. The summed E-state index contributed by atoms with van der Waals surface area (Å²) in [5, 5.41) is 6.51. The summed E-state index contributed by atoms with van der Waals surface area (Å²) < 4.78 is 40.4. The zero-order valence-electron chi connectivity index (χ0n) is 19.1. The number of sulfonamides is 1. The van der Waals surface area contributed by atoms with Gasteiger partial charge in [-0.1, -0.05) is 0 Å². The van der Waals surface area contributed by atoms with Gasteiger partial charge < -0.3 is 21.3 Å². The maximum atomic E-state index is 13.2. The van der Waals surface area contributed by atoms with Crippen LogP contribution in [-0.2, 0) is 14.8 Å². The predicted molar refractivity (Wildman–Crippen MR) is 122 cm³/mol. The molecule has 186 valence electrons. The molecule has 3 unspecified atom stereocenters. The van der Waals surface area contributed by atoms with E-state index in [1.807, 2.05) is 0 Å². The highest BCUT2D eigenvalue weighted by Gasteiger charge is 2.58. The van der Waals surface area contributed by atoms with Gasteiger partial charge in [-0.05, 0) is 87.5 Å². The number of amides is 3. The summed E-state index contributed by atoms with van der Waals surface area (Å²) in [6.45, 7) is 0.905. The highest BCUT2D eigenvalue weighted by atomic mass is 32.2. The van der Waals surface area contributed by atoms with Gasteiger partial charge in [-0.15, -0.1) is 0 Å². The lowest BCUT2D eigenvalue weighted by molar-refractivity contribution is -0.132. The van der Waals surface area contributed by atoms with Gasteiger partial charge in [0.05, 0.1) is 17.6 Å². The lowest BCUT2D eigenvalue weighted by atomic mass is 9.50. The van der Waals surface area contributed by atoms with Crippen molar-refractivity contribution < 1.29 is 22.4 Å². The van der Waals surface area contributed by atoms with Gasteiger partial charge in [0.15, 0.2) is 0 Å². The average molecular weight is 494 g/mol. The summed E-state index contributed by atoms with van der Waals surface area (Å²) in [7, 11) is -4.12. The first kappa shape index (κ1) is 23.5. The van der Waals surface area contributed by atoms with Crippen LogP contribution in [0, 0.1) is 17.7 Å². The molecule has 0 aromatic heterocycles. The van der Waals surface area contributed by atoms with Crippen LogP contribution in [0.25, 0.3) is 0 Å². The Balaban J connectivity index is 1.25. The predicted octanol–water partition coefficient (Wildman–Crippen LogP) is 1.40. The van der Waals surface area contributed by atoms with Crippen molar-refractivity contribution in [2.45, 2.75) is 73.5 Å². The van der Waals surface area contributed by atoms with Crippen molar-refractivity contribution in [3.8, 4) is 0 Å². The van der Waals surface area contributed by atoms with Gasteiger partial charge in [0.1, 0.15) is 5.82 Å². The van der Waals surface area contributed by atoms with Crippen LogP contribution in [0.3, 0.4) is 0 Å². The molecule has 0 spiro atoms. The molecular formula is C23H32FN5O4S. The molecule has 3 amide bonds. The maximum absolute atomic E-state index is 13.2. The fourth-order valence-electron chi connectivity index (χ4n) is 7.14. The second kappa shape index (κ2) is 8.46. The van der Waals surface area contributed by atoms with Gasteiger partial charge in [-0.3, -0.25) is 4.79 Å². The van der Waals surface area contributed by atoms with Crippen LogP contribution < -0.4 is 21.1 Å². The molecule has 1 aromatic carbocycles. The fourth-order valence-corrected chi connectivity index (χ4v) is 8.05. The van der Waals surface area contributed by atoms with Gasteiger partial charge in [0.25, 0.3) is 10.0 Å². The molecule has 4 saturated carbocycles. The third-order valence-electron chi connectivity index (χ3n) is 8.02. The average Bonchev–Trinajstić information content (AvgIpc) is 3.16. The summed E-state index contributed by atoms with van der Waals surface area (Å²) in [5.74, 6) is 0.268. The second-order valence-corrected chi connectivity index (χ2v) is 12.4. The minimum Gasteiger partial charge on any atom is -0.332 e. The molecule has 34 heavy (non-hydrogen) atoms. The quantitative estimate of drug-likeness (QED) is 0.473. The van der Waals surface area contributed by atoms with E-state index in [-0.39, 0.29) is 29.1 Å². The number of hydrogen-bond donors (Lipinski definition) is 4. The number of nitrogens with two attached hydrogens (primary N) is 1. The molecule has 0 radical (unpaired) electrons. The molecule has 11 heteroatoms. The number of carbonyl (C=O) groups is 2. The Morgan fingerprint density at radius 1 is 1.09 bits per heavy atom. The largest absolute Gasteiger partial charge is 0.332 e. The molecule has 1 saturated heterocycles. The van der Waals surface area contributed by atoms with Crippen molar-refractivity contribution in [2.75, 3.05) is 13.1 Å². The Hall–Kier alpha value is -2.24. The number of nitrogens with one attached hydrogen (secondary N) is 3. The summed E-state index contributed by atoms with van der Waals surface area (Å²) in [6.07, 6.45) is 6.75. The van der Waals surface area contributed by atoms with Crippen LogP contribution in [0.15, 0.2) is 29.2 Å². The first-order valence-corrected chi connectivity index (χ1v) is 13.5. The highest BCUT2D eigenvalue weighted by molar-refractivity contribution is 7.90. The number of rotatable bonds is 6. The van der Waals surface area contributed by atoms with Crippen molar-refractivity contribution >= 4 is 22.0 Å². The molecule has 1 heterocycles. The smallest absolute Gasteiger partial charge is 0.329 e. The number of nitrogens with zero attached hydrogens (tertiary/aromatic N) is 1. The number of hydrogen-bond acceptors (Lipinski definition) is 6. The van der Waals surface area contributed by atoms with Crippen molar-refractivity contribution in [3.63, 3.8) is 0 Å². The van der Waals surface area contributed by atoms with Gasteiger partial charge >= 0.3 is 6.03 Å². The zero-order valence-corrected chi connectivity index (χ0v) is 19.9. The number of halogens is 1. The standard InChI is InChI=1S/C23H32FN5O4S/c24-17-3-5-18(6-4-17)34(32,33)28-21(31)27-23-11-15-8-16(12-23)10-22(9-15,14-23)26-13-20(30)29-7-1-2-19(29)25/h3-6,15-16,19,26H,1-2,7-14,25H2,(H2,27,28,31). The van der Waals surface area contributed by atoms with E-state index in [4.69, 9.17) is 5.73 Å². The van der Waals surface area contributed by atoms with Gasteiger partial charge in [-0.2, -0.15) is 0 Å². The van der Waals surface area contributed by atoms with Crippen LogP contribution in [0.2, 0.25) is 0 Å². The molecular weight excluding hydrogens is 461 g/mol. The van der Waals surface area contributed by atoms with Crippen molar-refractivity contribution in [1.82, 2.24) is 20.3 Å². The summed E-state index contributed by atoms with van der Waals surface area (Å²) in [5.41, 5.74) is 5.27. The summed E-state index contributed by atoms with van der Waals surface area (Å²) in [6, 6.07) is 3.55. The van der Waals surface area contributed by atoms with E-state index in [1.54, 1.807) is 4.90 Å². The van der Waals surface area contributed by atoms with Crippen molar-refractivity contribution in [2.24, 2.45) is 17.6 Å². The molecule has 5 fully saturated rings. The number of benzene rings is 1. The monoisotopic (exact) mass is 493 g/mol. The van der Waals surface area contributed by atoms with E-state index in [2.05, 4.69) is 15.4 Å². The molecule has 6 rings (SSSR count). The summed E-state index contributed by atoms with van der Waals surface area (Å²) >= 11 is 0. The van der Waals surface area contributed by atoms with Crippen molar-refractivity contribution in [3.05, 3.63) is 30.1 Å². The molecule has 9 nitrogen and oxygen atoms in total. The van der Waals surface area contributed by atoms with Gasteiger partial charge in [0, 0.05) is 17.6 Å². The van der Waals surface area contributed by atoms with Crippen LogP contribution in [0.1, 0.15) is 51.4 Å². The topological polar surface area (TPSA) is 134 Å². The summed E-state index contributed by atoms with van der Waals surface area (Å²) in [4.78, 5) is 27.1. The Morgan fingerprint density at radius 3 is 2.35 bits per heavy atom. The molecule has 3 atom stereocenters. The molecule has 4 bridgehead atoms. The van der Waals surface area contributed by atoms with E-state index in [0.29, 0.717) is 24.8 Å². The zero-order chi connectivity index (χ0) is 24.1. The first-order chi connectivity index (χ1) is 16.1. The van der Waals surface area contributed by atoms with E-state index < -0.39 is 27.4 Å². The lowest BCUT2D eigenvalue weighted by Gasteiger charge is -2.62. The molecule has 1 aromatic rings. The van der Waals surface area contributed by atoms with Gasteiger partial charge in [0.2, 0.25) is 5.91 Å². The van der Waals surface area contributed by atoms with Crippen LogP contribution in [0.4, 0.5) is 9.18 Å². The van der Waals surface area contributed by atoms with Gasteiger partial charge in [-0.25, -0.2) is 22.3 Å². The third kappa shape index (κ3) is 4.52. The SMILES string of the molecule is NC1CCCN1C(=O)CNC12CC3CC(C1)CC(NC(=O)NS(=O)(=O)c1ccc(F)cc1)(C3)C2. The third-order valence-corrected chi connectivity index (χ3v) is 9.37. The van der Waals surface area contributed by atoms with E-state index in [0.717, 1.165) is 69.2 Å². The second-order valence-electron chi connectivity index (χ2n) is 10.7. The molecule has 1 aliphatic heterocycles. The molecule has 5 aliphatic rings. The molecule has 4 aliphatic carbocycles. The normalized spacial score (nSPS) is 34.3. The van der Waals surface area contributed by atoms with Crippen LogP contribution >= 0.6 is 0 Å². The Kier molecular flexibility index (Phi) is 5.84. The fraction of sp³-hybridized carbons (Fsp3) is 0.652. The minimum absolute atomic E-state index is 0.00545. The van der Waals surface area contributed by atoms with E-state index in [9.17, 15) is 22.4 Å². The van der Waals surface area contributed by atoms with Crippen LogP contribution in [-0.4, -0.2) is 55.6 Å². The minimum atomic E-state index is -4.12. The highest BCUT2D eigenvalue weighted by Crippen LogP contribution is 2.57. The van der Waals surface area contributed by atoms with Crippen molar-refractivity contribution in [1.29, 1.82) is 0 Å². The Morgan fingerprint density at radius 2 is 1.74 bits per heavy atom.